The number of rotatable bonds is 19. The second kappa shape index (κ2) is 20.7. The molecule has 8 atom stereocenters. The monoisotopic (exact) mass is 805 g/mol. The summed E-state index contributed by atoms with van der Waals surface area (Å²) in [6.07, 6.45) is 2.44. The lowest BCUT2D eigenvalue weighted by Crippen LogP contribution is -2.56. The van der Waals surface area contributed by atoms with Gasteiger partial charge in [0.15, 0.2) is 11.6 Å². The molecule has 1 aliphatic heterocycles. The molecule has 14 heteroatoms. The zero-order valence-electron chi connectivity index (χ0n) is 32.4. The number of methoxy groups -OCH3 is 3. The van der Waals surface area contributed by atoms with Crippen molar-refractivity contribution < 1.29 is 37.8 Å². The van der Waals surface area contributed by atoms with Gasteiger partial charge in [-0.3, -0.25) is 14.4 Å². The van der Waals surface area contributed by atoms with Gasteiger partial charge >= 0.3 is 5.97 Å². The predicted octanol–water partition coefficient (Wildman–Crippen LogP) is 5.24. The van der Waals surface area contributed by atoms with Crippen molar-refractivity contribution >= 4 is 45.4 Å². The summed E-state index contributed by atoms with van der Waals surface area (Å²) in [6.45, 7) is 9.97. The van der Waals surface area contributed by atoms with E-state index in [1.165, 1.54) is 33.6 Å². The number of anilines is 1. The second-order valence-electron chi connectivity index (χ2n) is 14.2. The summed E-state index contributed by atoms with van der Waals surface area (Å²) < 4.78 is 32.1. The number of pyridine rings is 1. The van der Waals surface area contributed by atoms with Crippen LogP contribution in [0.2, 0.25) is 0 Å². The Morgan fingerprint density at radius 3 is 2.32 bits per heavy atom. The Bertz CT molecular complexity index is 1520. The first-order valence-corrected chi connectivity index (χ1v) is 19.1. The van der Waals surface area contributed by atoms with Gasteiger partial charge in [-0.1, -0.05) is 71.4 Å². The molecule has 0 spiro atoms. The summed E-state index contributed by atoms with van der Waals surface area (Å²) in [5.74, 6) is -3.00. The molecule has 0 bridgehead atoms. The fourth-order valence-corrected chi connectivity index (χ4v) is 7.50. The number of hydrogen-bond donors (Lipinski definition) is 2. The van der Waals surface area contributed by atoms with Crippen LogP contribution in [0.5, 0.6) is 0 Å². The molecule has 294 valence electrons. The lowest BCUT2D eigenvalue weighted by atomic mass is 9.89. The molecule has 3 unspecified atom stereocenters. The number of likely N-dealkylation sites (N-methyl/N-ethyl adjacent to an activating group) is 1. The van der Waals surface area contributed by atoms with Gasteiger partial charge < -0.3 is 34.6 Å². The number of nitrogens with one attached hydrogen (secondary N) is 2. The third kappa shape index (κ3) is 11.4. The second-order valence-corrected chi connectivity index (χ2v) is 15.1. The van der Waals surface area contributed by atoms with Gasteiger partial charge in [0.2, 0.25) is 17.7 Å². The molecule has 1 aliphatic rings. The first-order chi connectivity index (χ1) is 25.2. The third-order valence-corrected chi connectivity index (χ3v) is 10.8. The lowest BCUT2D eigenvalue weighted by molar-refractivity contribution is -0.148. The van der Waals surface area contributed by atoms with E-state index >= 15 is 0 Å². The van der Waals surface area contributed by atoms with Crippen molar-refractivity contribution in [2.75, 3.05) is 40.2 Å². The van der Waals surface area contributed by atoms with Crippen LogP contribution in [0.1, 0.15) is 65.9 Å². The Morgan fingerprint density at radius 1 is 1.08 bits per heavy atom. The number of benzene rings is 1. The number of esters is 1. The van der Waals surface area contributed by atoms with E-state index in [0.717, 1.165) is 12.0 Å². The van der Waals surface area contributed by atoms with Gasteiger partial charge in [0, 0.05) is 44.9 Å². The molecule has 3 rings (SSSR count). The van der Waals surface area contributed by atoms with Crippen LogP contribution in [0.15, 0.2) is 47.1 Å². The SMILES string of the molecule is CC[C@H](C)[C@@H]([C@@H](CC(=O)N1CCCC1[C@H](OC)[C@@H](C)C(=O)NC(Cc1ccccc1)C(=O)OC)OC)N(C)C(=O)C(Nc1ncc(Br)cc1F)C(C)C. The Morgan fingerprint density at radius 2 is 1.75 bits per heavy atom. The Hall–Kier alpha value is -3.62. The van der Waals surface area contributed by atoms with Crippen molar-refractivity contribution in [1.82, 2.24) is 20.1 Å². The minimum atomic E-state index is -0.897. The summed E-state index contributed by atoms with van der Waals surface area (Å²) >= 11 is 3.22. The number of amides is 3. The molecule has 2 heterocycles. The van der Waals surface area contributed by atoms with Gasteiger partial charge in [0.25, 0.3) is 0 Å². The number of ether oxygens (including phenoxy) is 3. The summed E-state index contributed by atoms with van der Waals surface area (Å²) in [5, 5.41) is 5.85. The van der Waals surface area contributed by atoms with Crippen LogP contribution in [-0.2, 0) is 39.8 Å². The minimum absolute atomic E-state index is 0.0131. The number of likely N-dealkylation sites (tertiary alicyclic amines) is 1. The smallest absolute Gasteiger partial charge is 0.328 e. The molecular formula is C39H57BrFN5O7. The standard InChI is InChI=1S/C39H57BrFN5O7/c1-10-24(4)34(45(6)38(49)33(23(2)3)44-36-28(41)20-27(40)22-42-36)31(51-7)21-32(47)46-18-14-17-30(46)35(52-8)25(5)37(48)43-29(39(50)53-9)19-26-15-12-11-13-16-26/h11-13,15-16,20,22-25,29-31,33-35H,10,14,17-19,21H2,1-9H3,(H,42,44)(H,43,48)/t24-,25+,29?,30?,31+,33?,34-,35+/m0/s1. The largest absolute Gasteiger partial charge is 0.467 e. The van der Waals surface area contributed by atoms with Crippen LogP contribution in [0.4, 0.5) is 10.2 Å². The van der Waals surface area contributed by atoms with E-state index in [9.17, 15) is 23.6 Å². The molecule has 12 nitrogen and oxygen atoms in total. The molecule has 2 aromatic rings. The number of halogens is 2. The number of nitrogens with zero attached hydrogens (tertiary/aromatic N) is 3. The highest BCUT2D eigenvalue weighted by Crippen LogP contribution is 2.30. The Balaban J connectivity index is 1.79. The zero-order valence-corrected chi connectivity index (χ0v) is 34.0. The van der Waals surface area contributed by atoms with E-state index in [-0.39, 0.29) is 48.2 Å². The van der Waals surface area contributed by atoms with Crippen LogP contribution in [0.3, 0.4) is 0 Å². The van der Waals surface area contributed by atoms with Crippen LogP contribution < -0.4 is 10.6 Å². The molecule has 1 aromatic carbocycles. The molecule has 3 amide bonds. The molecular weight excluding hydrogens is 749 g/mol. The fourth-order valence-electron chi connectivity index (χ4n) is 7.20. The van der Waals surface area contributed by atoms with Crippen molar-refractivity contribution in [2.45, 2.75) is 103 Å². The van der Waals surface area contributed by atoms with Crippen molar-refractivity contribution in [3.63, 3.8) is 0 Å². The number of carbonyl (C=O) groups excluding carboxylic acids is 4. The molecule has 1 aromatic heterocycles. The van der Waals surface area contributed by atoms with E-state index in [1.54, 1.807) is 23.8 Å². The summed E-state index contributed by atoms with van der Waals surface area (Å²) in [4.78, 5) is 62.1. The van der Waals surface area contributed by atoms with Crippen LogP contribution >= 0.6 is 15.9 Å². The predicted molar refractivity (Wildman–Crippen MR) is 204 cm³/mol. The van der Waals surface area contributed by atoms with E-state index < -0.39 is 54.1 Å². The Kier molecular flexibility index (Phi) is 17.1. The van der Waals surface area contributed by atoms with Crippen LogP contribution in [0.25, 0.3) is 0 Å². The van der Waals surface area contributed by atoms with Gasteiger partial charge in [-0.05, 0) is 52.2 Å². The Labute approximate surface area is 322 Å². The molecule has 0 aliphatic carbocycles. The highest BCUT2D eigenvalue weighted by molar-refractivity contribution is 9.10. The van der Waals surface area contributed by atoms with E-state index in [4.69, 9.17) is 14.2 Å². The summed E-state index contributed by atoms with van der Waals surface area (Å²) in [5.41, 5.74) is 0.869. The molecule has 53 heavy (non-hydrogen) atoms. The van der Waals surface area contributed by atoms with Crippen molar-refractivity contribution in [3.05, 3.63) is 58.4 Å². The first-order valence-electron chi connectivity index (χ1n) is 18.3. The minimum Gasteiger partial charge on any atom is -0.467 e. The van der Waals surface area contributed by atoms with E-state index in [2.05, 4.69) is 31.5 Å². The third-order valence-electron chi connectivity index (χ3n) is 10.4. The van der Waals surface area contributed by atoms with Gasteiger partial charge in [-0.25, -0.2) is 14.2 Å². The van der Waals surface area contributed by atoms with Gasteiger partial charge in [0.05, 0.1) is 43.7 Å². The highest BCUT2D eigenvalue weighted by atomic mass is 79.9. The quantitative estimate of drug-likeness (QED) is 0.183. The van der Waals surface area contributed by atoms with Crippen LogP contribution in [-0.4, -0.2) is 110 Å². The fraction of sp³-hybridized carbons (Fsp3) is 0.615. The molecule has 0 radical (unpaired) electrons. The maximum absolute atomic E-state index is 14.8. The van der Waals surface area contributed by atoms with Gasteiger partial charge in [-0.2, -0.15) is 0 Å². The number of carbonyl (C=O) groups is 4. The maximum atomic E-state index is 14.8. The van der Waals surface area contributed by atoms with Crippen LogP contribution in [0, 0.1) is 23.6 Å². The number of aromatic nitrogens is 1. The molecule has 2 N–H and O–H groups in total. The normalized spacial score (nSPS) is 18.3. The topological polar surface area (TPSA) is 139 Å². The average molecular weight is 807 g/mol. The van der Waals surface area contributed by atoms with Gasteiger partial charge in [0.1, 0.15) is 12.1 Å². The van der Waals surface area contributed by atoms with E-state index in [0.29, 0.717) is 23.9 Å². The molecule has 0 saturated carbocycles. The van der Waals surface area contributed by atoms with Crippen molar-refractivity contribution in [2.24, 2.45) is 17.8 Å². The summed E-state index contributed by atoms with van der Waals surface area (Å²) in [6, 6.07) is 8.05. The van der Waals surface area contributed by atoms with Crippen molar-refractivity contribution in [1.29, 1.82) is 0 Å². The maximum Gasteiger partial charge on any atom is 0.328 e. The van der Waals surface area contributed by atoms with Crippen molar-refractivity contribution in [3.8, 4) is 0 Å². The highest BCUT2D eigenvalue weighted by Gasteiger charge is 2.43. The van der Waals surface area contributed by atoms with E-state index in [1.807, 2.05) is 58.0 Å². The molecule has 1 saturated heterocycles. The molecule has 1 fully saturated rings. The summed E-state index contributed by atoms with van der Waals surface area (Å²) in [7, 11) is 6.02. The first kappa shape index (κ1) is 43.8. The van der Waals surface area contributed by atoms with Gasteiger partial charge in [-0.15, -0.1) is 0 Å². The number of hydrogen-bond acceptors (Lipinski definition) is 9. The zero-order chi connectivity index (χ0) is 39.4. The average Bonchev–Trinajstić information content (AvgIpc) is 3.63. The lowest BCUT2D eigenvalue weighted by Gasteiger charge is -2.41.